The third-order valence-electron chi connectivity index (χ3n) is 2.98. The van der Waals surface area contributed by atoms with Gasteiger partial charge < -0.3 is 9.73 Å². The molecular formula is C12H13N3O3S. The van der Waals surface area contributed by atoms with Crippen molar-refractivity contribution in [3.05, 3.63) is 34.3 Å². The third-order valence-corrected chi connectivity index (χ3v) is 3.92. The molecule has 1 aliphatic heterocycles. The highest BCUT2D eigenvalue weighted by atomic mass is 32.2. The molecule has 0 aliphatic carbocycles. The maximum atomic E-state index is 11.8. The van der Waals surface area contributed by atoms with Crippen LogP contribution in [0.4, 0.5) is 0 Å². The summed E-state index contributed by atoms with van der Waals surface area (Å²) in [5.74, 6) is 1.15. The van der Waals surface area contributed by atoms with E-state index in [1.807, 2.05) is 6.07 Å². The van der Waals surface area contributed by atoms with E-state index in [0.717, 1.165) is 17.2 Å². The molecule has 1 atom stereocenters. The summed E-state index contributed by atoms with van der Waals surface area (Å²) >= 11 is 1.71. The minimum atomic E-state index is -0.469. The minimum absolute atomic E-state index is 0.000572. The van der Waals surface area contributed by atoms with Gasteiger partial charge in [-0.05, 0) is 17.7 Å². The highest BCUT2D eigenvalue weighted by Gasteiger charge is 2.21. The van der Waals surface area contributed by atoms with Gasteiger partial charge in [0.2, 0.25) is 5.91 Å². The number of nitrogens with one attached hydrogen (secondary N) is 3. The van der Waals surface area contributed by atoms with Crippen LogP contribution >= 0.6 is 11.8 Å². The fourth-order valence-corrected chi connectivity index (χ4v) is 2.92. The van der Waals surface area contributed by atoms with Crippen molar-refractivity contribution in [3.8, 4) is 0 Å². The van der Waals surface area contributed by atoms with Crippen LogP contribution in [0, 0.1) is 0 Å². The van der Waals surface area contributed by atoms with E-state index in [1.165, 1.54) is 0 Å². The molecule has 1 aromatic heterocycles. The fourth-order valence-electron chi connectivity index (χ4n) is 1.98. The number of aromatic amines is 1. The molecule has 1 unspecified atom stereocenters. The lowest BCUT2D eigenvalue weighted by atomic mass is 10.2. The molecule has 1 saturated heterocycles. The number of carbonyl (C=O) groups is 1. The smallest absolute Gasteiger partial charge is 0.408 e. The summed E-state index contributed by atoms with van der Waals surface area (Å²) in [5, 5.41) is 5.98. The first-order chi connectivity index (χ1) is 9.22. The van der Waals surface area contributed by atoms with Crippen LogP contribution in [0.3, 0.4) is 0 Å². The van der Waals surface area contributed by atoms with E-state index in [0.29, 0.717) is 17.6 Å². The Morgan fingerprint density at radius 3 is 3.21 bits per heavy atom. The standard InChI is InChI=1S/C12H13N3O3S/c16-11(9-5-19-6-14-9)13-4-7-1-2-8-10(3-7)18-12(17)15-8/h1-3,9,14H,4-6H2,(H,13,16)(H,15,17). The molecule has 3 rings (SSSR count). The molecule has 0 bridgehead atoms. The normalized spacial score (nSPS) is 18.8. The summed E-state index contributed by atoms with van der Waals surface area (Å²) in [6, 6.07) is 5.26. The molecule has 0 saturated carbocycles. The van der Waals surface area contributed by atoms with Crippen molar-refractivity contribution >= 4 is 28.8 Å². The van der Waals surface area contributed by atoms with Crippen molar-refractivity contribution in [2.75, 3.05) is 11.6 Å². The van der Waals surface area contributed by atoms with Crippen LogP contribution in [0.1, 0.15) is 5.56 Å². The molecule has 1 fully saturated rings. The van der Waals surface area contributed by atoms with Crippen LogP contribution in [0.25, 0.3) is 11.1 Å². The SMILES string of the molecule is O=C(NCc1ccc2[nH]c(=O)oc2c1)C1CSCN1. The first-order valence-electron chi connectivity index (χ1n) is 5.93. The van der Waals surface area contributed by atoms with Crippen molar-refractivity contribution in [2.24, 2.45) is 0 Å². The predicted molar refractivity (Wildman–Crippen MR) is 72.9 cm³/mol. The van der Waals surface area contributed by atoms with Gasteiger partial charge in [0.1, 0.15) is 0 Å². The Balaban J connectivity index is 1.67. The molecule has 2 heterocycles. The van der Waals surface area contributed by atoms with Gasteiger partial charge in [0.25, 0.3) is 0 Å². The second-order valence-corrected chi connectivity index (χ2v) is 5.36. The lowest BCUT2D eigenvalue weighted by Gasteiger charge is -2.10. The van der Waals surface area contributed by atoms with Gasteiger partial charge in [-0.1, -0.05) is 6.07 Å². The summed E-state index contributed by atoms with van der Waals surface area (Å²) in [6.45, 7) is 0.423. The first-order valence-corrected chi connectivity index (χ1v) is 7.08. The van der Waals surface area contributed by atoms with Crippen molar-refractivity contribution in [3.63, 3.8) is 0 Å². The molecule has 19 heavy (non-hydrogen) atoms. The lowest BCUT2D eigenvalue weighted by molar-refractivity contribution is -0.122. The minimum Gasteiger partial charge on any atom is -0.408 e. The van der Waals surface area contributed by atoms with E-state index >= 15 is 0 Å². The monoisotopic (exact) mass is 279 g/mol. The molecular weight excluding hydrogens is 266 g/mol. The molecule has 1 amide bonds. The molecule has 100 valence electrons. The Morgan fingerprint density at radius 2 is 2.42 bits per heavy atom. The summed E-state index contributed by atoms with van der Waals surface area (Å²) in [6.07, 6.45) is 0. The van der Waals surface area contributed by atoms with Crippen LogP contribution in [-0.2, 0) is 11.3 Å². The Kier molecular flexibility index (Phi) is 3.31. The van der Waals surface area contributed by atoms with E-state index < -0.39 is 5.76 Å². The van der Waals surface area contributed by atoms with Crippen molar-refractivity contribution in [1.29, 1.82) is 0 Å². The van der Waals surface area contributed by atoms with Gasteiger partial charge in [-0.15, -0.1) is 11.8 Å². The molecule has 0 spiro atoms. The Bertz CT molecular complexity index is 658. The quantitative estimate of drug-likeness (QED) is 0.757. The van der Waals surface area contributed by atoms with E-state index in [9.17, 15) is 9.59 Å². The van der Waals surface area contributed by atoms with E-state index in [-0.39, 0.29) is 11.9 Å². The Morgan fingerprint density at radius 1 is 1.53 bits per heavy atom. The van der Waals surface area contributed by atoms with Gasteiger partial charge in [0.05, 0.1) is 11.6 Å². The van der Waals surface area contributed by atoms with E-state index in [1.54, 1.807) is 23.9 Å². The summed E-state index contributed by atoms with van der Waals surface area (Å²) in [7, 11) is 0. The molecule has 0 radical (unpaired) electrons. The fraction of sp³-hybridized carbons (Fsp3) is 0.333. The van der Waals surface area contributed by atoms with Crippen molar-refractivity contribution < 1.29 is 9.21 Å². The zero-order valence-electron chi connectivity index (χ0n) is 10.1. The van der Waals surface area contributed by atoms with Gasteiger partial charge in [-0.3, -0.25) is 15.1 Å². The lowest BCUT2D eigenvalue weighted by Crippen LogP contribution is -2.41. The van der Waals surface area contributed by atoms with Gasteiger partial charge >= 0.3 is 5.76 Å². The molecule has 6 nitrogen and oxygen atoms in total. The van der Waals surface area contributed by atoms with Crippen LogP contribution in [0.15, 0.2) is 27.4 Å². The number of thioether (sulfide) groups is 1. The number of benzene rings is 1. The van der Waals surface area contributed by atoms with E-state index in [4.69, 9.17) is 4.42 Å². The number of carbonyl (C=O) groups excluding carboxylic acids is 1. The highest BCUT2D eigenvalue weighted by Crippen LogP contribution is 2.13. The summed E-state index contributed by atoms with van der Waals surface area (Å²) in [4.78, 5) is 25.4. The highest BCUT2D eigenvalue weighted by molar-refractivity contribution is 7.99. The average molecular weight is 279 g/mol. The van der Waals surface area contributed by atoms with Gasteiger partial charge in [-0.2, -0.15) is 0 Å². The zero-order chi connectivity index (χ0) is 13.2. The first kappa shape index (κ1) is 12.3. The Hall–Kier alpha value is -1.73. The molecule has 1 aromatic carbocycles. The largest absolute Gasteiger partial charge is 0.417 e. The number of amides is 1. The number of rotatable bonds is 3. The number of H-pyrrole nitrogens is 1. The number of hydrogen-bond acceptors (Lipinski definition) is 5. The van der Waals surface area contributed by atoms with Crippen molar-refractivity contribution in [2.45, 2.75) is 12.6 Å². The Labute approximate surface area is 112 Å². The zero-order valence-corrected chi connectivity index (χ0v) is 10.9. The number of aromatic nitrogens is 1. The number of fused-ring (bicyclic) bond motifs is 1. The van der Waals surface area contributed by atoms with Gasteiger partial charge in [0.15, 0.2) is 5.58 Å². The second kappa shape index (κ2) is 5.10. The van der Waals surface area contributed by atoms with Crippen LogP contribution < -0.4 is 16.4 Å². The van der Waals surface area contributed by atoms with Gasteiger partial charge in [-0.25, -0.2) is 4.79 Å². The topological polar surface area (TPSA) is 87.1 Å². The van der Waals surface area contributed by atoms with Crippen LogP contribution in [0.5, 0.6) is 0 Å². The second-order valence-electron chi connectivity index (χ2n) is 4.33. The van der Waals surface area contributed by atoms with Crippen LogP contribution in [0.2, 0.25) is 0 Å². The summed E-state index contributed by atoms with van der Waals surface area (Å²) < 4.78 is 4.98. The van der Waals surface area contributed by atoms with E-state index in [2.05, 4.69) is 15.6 Å². The van der Waals surface area contributed by atoms with Crippen molar-refractivity contribution in [1.82, 2.24) is 15.6 Å². The molecule has 1 aliphatic rings. The van der Waals surface area contributed by atoms with Gasteiger partial charge in [0, 0.05) is 18.2 Å². The number of hydrogen-bond donors (Lipinski definition) is 3. The maximum Gasteiger partial charge on any atom is 0.417 e. The average Bonchev–Trinajstić information content (AvgIpc) is 3.03. The maximum absolute atomic E-state index is 11.8. The molecule has 2 aromatic rings. The molecule has 7 heteroatoms. The third kappa shape index (κ3) is 2.66. The number of oxazole rings is 1. The van der Waals surface area contributed by atoms with Crippen LogP contribution in [-0.4, -0.2) is 28.6 Å². The molecule has 3 N–H and O–H groups in total. The predicted octanol–water partition coefficient (Wildman–Crippen LogP) is 0.400. The summed E-state index contributed by atoms with van der Waals surface area (Å²) in [5.41, 5.74) is 2.06.